The number of amides is 2. The Morgan fingerprint density at radius 1 is 1.00 bits per heavy atom. The maximum atomic E-state index is 12.5. The van der Waals surface area contributed by atoms with Gasteiger partial charge in [0, 0.05) is 5.69 Å². The predicted octanol–water partition coefficient (Wildman–Crippen LogP) is 3.38. The number of carbonyl (C=O) groups is 3. The normalized spacial score (nSPS) is 12.2. The lowest BCUT2D eigenvalue weighted by molar-refractivity contribution is -0.156. The lowest BCUT2D eigenvalue weighted by Gasteiger charge is -2.22. The highest BCUT2D eigenvalue weighted by atomic mass is 16.6. The van der Waals surface area contributed by atoms with Crippen LogP contribution in [-0.4, -0.2) is 30.1 Å². The minimum Gasteiger partial charge on any atom is -0.451 e. The van der Waals surface area contributed by atoms with Gasteiger partial charge in [-0.2, -0.15) is 5.26 Å². The second-order valence-corrected chi connectivity index (χ2v) is 7.19. The first-order valence-electron chi connectivity index (χ1n) is 9.79. The van der Waals surface area contributed by atoms with Crippen LogP contribution < -0.4 is 10.6 Å². The summed E-state index contributed by atoms with van der Waals surface area (Å²) in [7, 11) is 0. The molecule has 0 spiro atoms. The average molecular weight is 423 g/mol. The van der Waals surface area contributed by atoms with Crippen LogP contribution in [0.4, 0.5) is 10.5 Å². The Bertz CT molecular complexity index is 936. The van der Waals surface area contributed by atoms with E-state index in [2.05, 4.69) is 10.6 Å². The number of ether oxygens (including phenoxy) is 2. The summed E-state index contributed by atoms with van der Waals surface area (Å²) in [5, 5.41) is 13.9. The number of nitrogens with one attached hydrogen (secondary N) is 2. The van der Waals surface area contributed by atoms with Crippen molar-refractivity contribution in [3.05, 3.63) is 65.7 Å². The molecule has 31 heavy (non-hydrogen) atoms. The molecule has 162 valence electrons. The van der Waals surface area contributed by atoms with Crippen LogP contribution in [0.25, 0.3) is 0 Å². The number of carbonyl (C=O) groups excluding carboxylic acids is 3. The predicted molar refractivity (Wildman–Crippen MR) is 114 cm³/mol. The summed E-state index contributed by atoms with van der Waals surface area (Å²) in [5.74, 6) is -1.56. The summed E-state index contributed by atoms with van der Waals surface area (Å²) < 4.78 is 10.4. The summed E-state index contributed by atoms with van der Waals surface area (Å²) in [4.78, 5) is 37.0. The average Bonchev–Trinajstić information content (AvgIpc) is 2.76. The number of anilines is 1. The summed E-state index contributed by atoms with van der Waals surface area (Å²) in [5.41, 5.74) is 1.74. The Balaban J connectivity index is 1.88. The van der Waals surface area contributed by atoms with E-state index < -0.39 is 30.1 Å². The van der Waals surface area contributed by atoms with Gasteiger partial charge in [-0.1, -0.05) is 44.2 Å². The van der Waals surface area contributed by atoms with E-state index in [0.29, 0.717) is 11.3 Å². The molecule has 0 heterocycles. The minimum atomic E-state index is -1.09. The van der Waals surface area contributed by atoms with Crippen molar-refractivity contribution in [1.29, 1.82) is 5.26 Å². The minimum absolute atomic E-state index is 0.0654. The molecular weight excluding hydrogens is 398 g/mol. The van der Waals surface area contributed by atoms with Crippen molar-refractivity contribution in [2.45, 2.75) is 39.5 Å². The van der Waals surface area contributed by atoms with E-state index in [1.807, 2.05) is 36.4 Å². The third-order valence-electron chi connectivity index (χ3n) is 4.35. The van der Waals surface area contributed by atoms with Crippen LogP contribution in [0.3, 0.4) is 0 Å². The SMILES string of the molecule is CC(C)[C@H](NC(=O)OCc1ccccc1)C(=O)O[C@@H](C)C(=O)Nc1ccc(C#N)cc1. The zero-order chi connectivity index (χ0) is 22.8. The van der Waals surface area contributed by atoms with Gasteiger partial charge in [-0.3, -0.25) is 4.79 Å². The molecule has 0 aliphatic heterocycles. The summed E-state index contributed by atoms with van der Waals surface area (Å²) in [6, 6.07) is 16.4. The molecule has 2 rings (SSSR count). The number of nitriles is 1. The van der Waals surface area contributed by atoms with Crippen LogP contribution in [0.1, 0.15) is 31.9 Å². The van der Waals surface area contributed by atoms with Gasteiger partial charge >= 0.3 is 12.1 Å². The molecule has 2 N–H and O–H groups in total. The molecule has 0 aliphatic rings. The Hall–Kier alpha value is -3.86. The van der Waals surface area contributed by atoms with Crippen molar-refractivity contribution in [2.24, 2.45) is 5.92 Å². The Kier molecular flexibility index (Phi) is 8.58. The van der Waals surface area contributed by atoms with E-state index in [-0.39, 0.29) is 12.5 Å². The lowest BCUT2D eigenvalue weighted by atomic mass is 10.1. The van der Waals surface area contributed by atoms with Crippen LogP contribution in [0.5, 0.6) is 0 Å². The fraction of sp³-hybridized carbons (Fsp3) is 0.304. The van der Waals surface area contributed by atoms with Gasteiger partial charge in [0.05, 0.1) is 11.6 Å². The number of hydrogen-bond donors (Lipinski definition) is 2. The van der Waals surface area contributed by atoms with E-state index in [9.17, 15) is 14.4 Å². The highest BCUT2D eigenvalue weighted by Gasteiger charge is 2.29. The van der Waals surface area contributed by atoms with E-state index in [1.165, 1.54) is 6.92 Å². The number of hydrogen-bond acceptors (Lipinski definition) is 6. The van der Waals surface area contributed by atoms with Gasteiger partial charge in [0.25, 0.3) is 5.91 Å². The smallest absolute Gasteiger partial charge is 0.408 e. The molecule has 2 amide bonds. The van der Waals surface area contributed by atoms with Crippen LogP contribution >= 0.6 is 0 Å². The molecule has 2 aromatic rings. The number of nitrogens with zero attached hydrogens (tertiary/aromatic N) is 1. The van der Waals surface area contributed by atoms with Crippen molar-refractivity contribution in [2.75, 3.05) is 5.32 Å². The standard InChI is InChI=1S/C23H25N3O5/c1-15(2)20(26-23(29)30-14-18-7-5-4-6-8-18)22(28)31-16(3)21(27)25-19-11-9-17(13-24)10-12-19/h4-12,15-16,20H,14H2,1-3H3,(H,25,27)(H,26,29)/t16-,20-/m0/s1. The largest absolute Gasteiger partial charge is 0.451 e. The van der Waals surface area contributed by atoms with Gasteiger partial charge in [0.2, 0.25) is 0 Å². The van der Waals surface area contributed by atoms with E-state index in [0.717, 1.165) is 5.56 Å². The second kappa shape index (κ2) is 11.4. The van der Waals surface area contributed by atoms with Crippen LogP contribution in [-0.2, 0) is 25.7 Å². The molecular formula is C23H25N3O5. The molecule has 8 heteroatoms. The zero-order valence-electron chi connectivity index (χ0n) is 17.6. The van der Waals surface area contributed by atoms with Crippen LogP contribution in [0, 0.1) is 17.2 Å². The highest BCUT2D eigenvalue weighted by molar-refractivity contribution is 5.95. The van der Waals surface area contributed by atoms with E-state index in [1.54, 1.807) is 38.1 Å². The van der Waals surface area contributed by atoms with E-state index >= 15 is 0 Å². The number of benzene rings is 2. The number of esters is 1. The highest BCUT2D eigenvalue weighted by Crippen LogP contribution is 2.11. The van der Waals surface area contributed by atoms with Gasteiger partial charge in [0.15, 0.2) is 6.10 Å². The molecule has 2 atom stereocenters. The Labute approximate surface area is 181 Å². The van der Waals surface area contributed by atoms with Crippen molar-refractivity contribution < 1.29 is 23.9 Å². The molecule has 0 saturated heterocycles. The van der Waals surface area contributed by atoms with Crippen molar-refractivity contribution in [1.82, 2.24) is 5.32 Å². The van der Waals surface area contributed by atoms with E-state index in [4.69, 9.17) is 14.7 Å². The third-order valence-corrected chi connectivity index (χ3v) is 4.35. The first-order valence-corrected chi connectivity index (χ1v) is 9.79. The van der Waals surface area contributed by atoms with Crippen molar-refractivity contribution >= 4 is 23.7 Å². The fourth-order valence-corrected chi connectivity index (χ4v) is 2.56. The molecule has 8 nitrogen and oxygen atoms in total. The Morgan fingerprint density at radius 2 is 1.65 bits per heavy atom. The molecule has 0 aromatic heterocycles. The summed E-state index contributed by atoms with van der Waals surface area (Å²) in [6.07, 6.45) is -1.85. The van der Waals surface area contributed by atoms with Crippen molar-refractivity contribution in [3.8, 4) is 6.07 Å². The quantitative estimate of drug-likeness (QED) is 0.629. The zero-order valence-corrected chi connectivity index (χ0v) is 17.6. The third kappa shape index (κ3) is 7.48. The molecule has 0 fully saturated rings. The maximum absolute atomic E-state index is 12.5. The second-order valence-electron chi connectivity index (χ2n) is 7.19. The number of alkyl carbamates (subject to hydrolysis) is 1. The van der Waals surface area contributed by atoms with Gasteiger partial charge < -0.3 is 20.1 Å². The molecule has 2 aromatic carbocycles. The fourth-order valence-electron chi connectivity index (χ4n) is 2.56. The van der Waals surface area contributed by atoms with Crippen LogP contribution in [0.2, 0.25) is 0 Å². The van der Waals surface area contributed by atoms with Crippen LogP contribution in [0.15, 0.2) is 54.6 Å². The topological polar surface area (TPSA) is 118 Å². The summed E-state index contributed by atoms with van der Waals surface area (Å²) >= 11 is 0. The van der Waals surface area contributed by atoms with Gasteiger partial charge in [0.1, 0.15) is 12.6 Å². The molecule has 0 aliphatic carbocycles. The number of rotatable bonds is 8. The first kappa shape index (κ1) is 23.4. The van der Waals surface area contributed by atoms with Gasteiger partial charge in [-0.25, -0.2) is 9.59 Å². The molecule has 0 saturated carbocycles. The molecule has 0 bridgehead atoms. The first-order chi connectivity index (χ1) is 14.8. The van der Waals surface area contributed by atoms with Crippen molar-refractivity contribution in [3.63, 3.8) is 0 Å². The van der Waals surface area contributed by atoms with Gasteiger partial charge in [-0.15, -0.1) is 0 Å². The summed E-state index contributed by atoms with van der Waals surface area (Å²) in [6.45, 7) is 4.98. The monoisotopic (exact) mass is 423 g/mol. The molecule has 0 unspecified atom stereocenters. The lowest BCUT2D eigenvalue weighted by Crippen LogP contribution is -2.47. The maximum Gasteiger partial charge on any atom is 0.408 e. The van der Waals surface area contributed by atoms with Gasteiger partial charge in [-0.05, 0) is 42.7 Å². The Morgan fingerprint density at radius 3 is 2.23 bits per heavy atom. The molecule has 0 radical (unpaired) electrons.